The van der Waals surface area contributed by atoms with Crippen molar-refractivity contribution in [3.8, 4) is 0 Å². The average Bonchev–Trinajstić information content (AvgIpc) is 2.73. The third-order valence-electron chi connectivity index (χ3n) is 4.18. The van der Waals surface area contributed by atoms with Crippen molar-refractivity contribution in [1.82, 2.24) is 10.2 Å². The van der Waals surface area contributed by atoms with Gasteiger partial charge in [0.05, 0.1) is 52.9 Å². The zero-order valence-electron chi connectivity index (χ0n) is 17.4. The predicted molar refractivity (Wildman–Crippen MR) is 112 cm³/mol. The summed E-state index contributed by atoms with van der Waals surface area (Å²) in [6.07, 6.45) is 2.01. The summed E-state index contributed by atoms with van der Waals surface area (Å²) in [5.41, 5.74) is 0. The molecule has 10 heteroatoms. The summed E-state index contributed by atoms with van der Waals surface area (Å²) in [6.45, 7) is 7.63. The molecular weight excluding hydrogens is 400 g/mol. The molecule has 1 saturated heterocycles. The van der Waals surface area contributed by atoms with E-state index in [1.165, 1.54) is 0 Å². The molecule has 1 fully saturated rings. The van der Waals surface area contributed by atoms with E-state index in [1.807, 2.05) is 6.92 Å². The molecule has 0 aromatic rings. The van der Waals surface area contributed by atoms with Crippen LogP contribution in [-0.2, 0) is 28.5 Å². The zero-order valence-corrected chi connectivity index (χ0v) is 18.3. The van der Waals surface area contributed by atoms with Crippen molar-refractivity contribution in [3.63, 3.8) is 0 Å². The lowest BCUT2D eigenvalue weighted by molar-refractivity contribution is -0.121. The van der Waals surface area contributed by atoms with Crippen LogP contribution in [0.1, 0.15) is 26.2 Å². The third kappa shape index (κ3) is 14.5. The van der Waals surface area contributed by atoms with Gasteiger partial charge in [0.25, 0.3) is 0 Å². The molecule has 29 heavy (non-hydrogen) atoms. The molecule has 0 aliphatic carbocycles. The first-order valence-corrected chi connectivity index (χ1v) is 10.8. The highest BCUT2D eigenvalue weighted by molar-refractivity contribution is 7.80. The van der Waals surface area contributed by atoms with Gasteiger partial charge in [0.1, 0.15) is 6.61 Å². The van der Waals surface area contributed by atoms with E-state index >= 15 is 0 Å². The monoisotopic (exact) mass is 436 g/mol. The molecule has 0 spiro atoms. The van der Waals surface area contributed by atoms with E-state index < -0.39 is 0 Å². The van der Waals surface area contributed by atoms with Gasteiger partial charge in [0, 0.05) is 31.3 Å². The fraction of sp³-hybridized carbons (Fsp3) is 0.895. The standard InChI is InChI=1S/C19H36N2O7S/c1-2-18(22)20-5-8-24-9-10-25-11-12-26-13-14-27-15-16-28-19(23)21-6-3-17(29)4-7-21/h17,29H,2-16H2,1H3,(H,20,22). The molecule has 0 saturated carbocycles. The molecule has 0 atom stereocenters. The summed E-state index contributed by atoms with van der Waals surface area (Å²) in [4.78, 5) is 24.6. The van der Waals surface area contributed by atoms with Crippen molar-refractivity contribution in [2.24, 2.45) is 0 Å². The second kappa shape index (κ2) is 17.8. The van der Waals surface area contributed by atoms with Gasteiger partial charge in [-0.1, -0.05) is 6.92 Å². The molecule has 1 aliphatic heterocycles. The van der Waals surface area contributed by atoms with Crippen molar-refractivity contribution in [2.45, 2.75) is 31.4 Å². The zero-order chi connectivity index (χ0) is 21.2. The van der Waals surface area contributed by atoms with Crippen LogP contribution in [0.2, 0.25) is 0 Å². The first-order chi connectivity index (χ1) is 14.1. The van der Waals surface area contributed by atoms with Gasteiger partial charge in [-0.05, 0) is 12.8 Å². The van der Waals surface area contributed by atoms with Gasteiger partial charge in [-0.2, -0.15) is 12.6 Å². The van der Waals surface area contributed by atoms with Gasteiger partial charge >= 0.3 is 6.09 Å². The van der Waals surface area contributed by atoms with Gasteiger partial charge in [0.15, 0.2) is 0 Å². The summed E-state index contributed by atoms with van der Waals surface area (Å²) in [5, 5.41) is 3.11. The molecule has 0 bridgehead atoms. The molecule has 1 N–H and O–H groups in total. The van der Waals surface area contributed by atoms with E-state index in [4.69, 9.17) is 23.7 Å². The summed E-state index contributed by atoms with van der Waals surface area (Å²) in [6, 6.07) is 0. The Kier molecular flexibility index (Phi) is 15.9. The molecule has 0 radical (unpaired) electrons. The highest BCUT2D eigenvalue weighted by Crippen LogP contribution is 2.15. The lowest BCUT2D eigenvalue weighted by atomic mass is 10.1. The van der Waals surface area contributed by atoms with Crippen molar-refractivity contribution < 1.29 is 33.3 Å². The average molecular weight is 437 g/mol. The first kappa shape index (κ1) is 26.0. The summed E-state index contributed by atoms with van der Waals surface area (Å²) >= 11 is 4.41. The Morgan fingerprint density at radius 2 is 1.34 bits per heavy atom. The normalized spacial score (nSPS) is 14.8. The van der Waals surface area contributed by atoms with Crippen molar-refractivity contribution in [3.05, 3.63) is 0 Å². The van der Waals surface area contributed by atoms with E-state index in [0.29, 0.717) is 84.2 Å². The second-order valence-corrected chi connectivity index (χ2v) is 7.22. The molecule has 1 heterocycles. The largest absolute Gasteiger partial charge is 0.447 e. The fourth-order valence-electron chi connectivity index (χ4n) is 2.48. The number of hydrogen-bond acceptors (Lipinski definition) is 8. The van der Waals surface area contributed by atoms with Crippen molar-refractivity contribution >= 4 is 24.6 Å². The Labute approximate surface area is 179 Å². The van der Waals surface area contributed by atoms with Crippen LogP contribution in [-0.4, -0.2) is 101 Å². The minimum absolute atomic E-state index is 0.0247. The molecule has 2 amide bonds. The Morgan fingerprint density at radius 1 is 0.862 bits per heavy atom. The number of piperidine rings is 1. The topological polar surface area (TPSA) is 95.6 Å². The van der Waals surface area contributed by atoms with Gasteiger partial charge in [0.2, 0.25) is 5.91 Å². The maximum absolute atomic E-state index is 11.8. The molecule has 0 aromatic carbocycles. The molecule has 170 valence electrons. The number of nitrogens with one attached hydrogen (secondary N) is 1. The van der Waals surface area contributed by atoms with E-state index in [-0.39, 0.29) is 18.6 Å². The molecule has 9 nitrogen and oxygen atoms in total. The molecular formula is C19H36N2O7S. The van der Waals surface area contributed by atoms with Crippen LogP contribution in [0.4, 0.5) is 4.79 Å². The Bertz CT molecular complexity index is 435. The second-order valence-electron chi connectivity index (χ2n) is 6.49. The van der Waals surface area contributed by atoms with Crippen LogP contribution < -0.4 is 5.32 Å². The van der Waals surface area contributed by atoms with Gasteiger partial charge in [-0.25, -0.2) is 4.79 Å². The molecule has 1 rings (SSSR count). The van der Waals surface area contributed by atoms with E-state index in [0.717, 1.165) is 12.8 Å². The van der Waals surface area contributed by atoms with Crippen LogP contribution in [0.15, 0.2) is 0 Å². The SMILES string of the molecule is CCC(=O)NCCOCCOCCOCCOCCOC(=O)N1CCC(S)CC1. The van der Waals surface area contributed by atoms with Gasteiger partial charge in [-0.3, -0.25) is 4.79 Å². The lowest BCUT2D eigenvalue weighted by Crippen LogP contribution is -2.39. The summed E-state index contributed by atoms with van der Waals surface area (Å²) in [7, 11) is 0. The molecule has 0 unspecified atom stereocenters. The van der Waals surface area contributed by atoms with E-state index in [9.17, 15) is 9.59 Å². The number of amides is 2. The van der Waals surface area contributed by atoms with Gasteiger partial charge < -0.3 is 33.9 Å². The highest BCUT2D eigenvalue weighted by atomic mass is 32.1. The summed E-state index contributed by atoms with van der Waals surface area (Å²) in [5.74, 6) is 0.0247. The number of ether oxygens (including phenoxy) is 5. The number of carbonyl (C=O) groups is 2. The van der Waals surface area contributed by atoms with Crippen molar-refractivity contribution in [1.29, 1.82) is 0 Å². The summed E-state index contributed by atoms with van der Waals surface area (Å²) < 4.78 is 26.6. The molecule has 0 aromatic heterocycles. The van der Waals surface area contributed by atoms with Crippen LogP contribution in [0.3, 0.4) is 0 Å². The number of rotatable bonds is 16. The number of thiol groups is 1. The van der Waals surface area contributed by atoms with E-state index in [2.05, 4.69) is 17.9 Å². The van der Waals surface area contributed by atoms with E-state index in [1.54, 1.807) is 4.90 Å². The van der Waals surface area contributed by atoms with Gasteiger partial charge in [-0.15, -0.1) is 0 Å². The maximum atomic E-state index is 11.8. The maximum Gasteiger partial charge on any atom is 0.409 e. The number of carbonyl (C=O) groups excluding carboxylic acids is 2. The fourth-order valence-corrected chi connectivity index (χ4v) is 2.71. The third-order valence-corrected chi connectivity index (χ3v) is 4.70. The van der Waals surface area contributed by atoms with Crippen LogP contribution in [0, 0.1) is 0 Å². The minimum atomic E-state index is -0.281. The number of hydrogen-bond donors (Lipinski definition) is 2. The predicted octanol–water partition coefficient (Wildman–Crippen LogP) is 1.11. The number of likely N-dealkylation sites (tertiary alicyclic amines) is 1. The minimum Gasteiger partial charge on any atom is -0.447 e. The van der Waals surface area contributed by atoms with Crippen LogP contribution in [0.25, 0.3) is 0 Å². The van der Waals surface area contributed by atoms with Crippen LogP contribution >= 0.6 is 12.6 Å². The lowest BCUT2D eigenvalue weighted by Gasteiger charge is -2.28. The number of nitrogens with zero attached hydrogens (tertiary/aromatic N) is 1. The van der Waals surface area contributed by atoms with Crippen molar-refractivity contribution in [2.75, 3.05) is 79.1 Å². The smallest absolute Gasteiger partial charge is 0.409 e. The Hall–Kier alpha value is -1.07. The Morgan fingerprint density at radius 3 is 1.86 bits per heavy atom. The first-order valence-electron chi connectivity index (χ1n) is 10.3. The van der Waals surface area contributed by atoms with Crippen LogP contribution in [0.5, 0.6) is 0 Å². The Balaban J connectivity index is 1.75. The molecule has 1 aliphatic rings. The quantitative estimate of drug-likeness (QED) is 0.276. The highest BCUT2D eigenvalue weighted by Gasteiger charge is 2.21.